The van der Waals surface area contributed by atoms with Gasteiger partial charge in [0.2, 0.25) is 11.8 Å². The third-order valence-electron chi connectivity index (χ3n) is 6.82. The molecule has 0 unspecified atom stereocenters. The van der Waals surface area contributed by atoms with Crippen molar-refractivity contribution in [3.05, 3.63) is 96.1 Å². The normalized spacial score (nSPS) is 12.8. The maximum absolute atomic E-state index is 14.2. The summed E-state index contributed by atoms with van der Waals surface area (Å²) in [6.45, 7) is 3.47. The zero-order chi connectivity index (χ0) is 30.0. The van der Waals surface area contributed by atoms with Gasteiger partial charge in [-0.1, -0.05) is 67.6 Å². The summed E-state index contributed by atoms with van der Waals surface area (Å²) in [6, 6.07) is 24.2. The monoisotopic (exact) mass is 580 g/mol. The van der Waals surface area contributed by atoms with E-state index in [1.807, 2.05) is 56.3 Å². The van der Waals surface area contributed by atoms with Gasteiger partial charge in [0.15, 0.2) is 0 Å². The lowest BCUT2D eigenvalue weighted by Gasteiger charge is -2.35. The lowest BCUT2D eigenvalue weighted by atomic mass is 10.0. The Bertz CT molecular complexity index is 1380. The minimum absolute atomic E-state index is 0.0755. The molecule has 0 aromatic heterocycles. The van der Waals surface area contributed by atoms with Crippen molar-refractivity contribution in [2.75, 3.05) is 32.1 Å². The van der Waals surface area contributed by atoms with Gasteiger partial charge in [0.05, 0.1) is 12.8 Å². The number of hydrogen-bond acceptors (Lipinski definition) is 5. The standard InChI is InChI=1S/C31H40N4O5S/c1-6-24(2)32-31(37)29(21-25-14-9-7-10-15-25)34(22-26-16-13-19-28(20-26)40-5)30(36)23-35(41(38,39)33(3)4)27-17-11-8-12-18-27/h7-20,24,29H,6,21-23H2,1-5H3,(H,32,37)/t24-,29-/m1/s1. The molecule has 0 aliphatic carbocycles. The molecule has 0 heterocycles. The topological polar surface area (TPSA) is 99.3 Å². The van der Waals surface area contributed by atoms with Crippen LogP contribution in [0.15, 0.2) is 84.9 Å². The molecule has 0 bridgehead atoms. The van der Waals surface area contributed by atoms with Crippen molar-refractivity contribution in [1.29, 1.82) is 0 Å². The van der Waals surface area contributed by atoms with E-state index < -0.39 is 28.7 Å². The SMILES string of the molecule is CC[C@@H](C)NC(=O)[C@@H](Cc1ccccc1)N(Cc1cccc(OC)c1)C(=O)CN(c1ccccc1)S(=O)(=O)N(C)C. The maximum atomic E-state index is 14.2. The fourth-order valence-electron chi connectivity index (χ4n) is 4.27. The Morgan fingerprint density at radius 3 is 2.10 bits per heavy atom. The second-order valence-electron chi connectivity index (χ2n) is 10.0. The fraction of sp³-hybridized carbons (Fsp3) is 0.355. The Balaban J connectivity index is 2.10. The molecule has 9 nitrogen and oxygen atoms in total. The fourth-order valence-corrected chi connectivity index (χ4v) is 5.33. The molecule has 3 aromatic carbocycles. The number of ether oxygens (including phenoxy) is 1. The Kier molecular flexibility index (Phi) is 11.3. The number of para-hydroxylation sites is 1. The highest BCUT2D eigenvalue weighted by molar-refractivity contribution is 7.90. The summed E-state index contributed by atoms with van der Waals surface area (Å²) < 4.78 is 34.3. The molecular formula is C31H40N4O5S. The number of carbonyl (C=O) groups is 2. The van der Waals surface area contributed by atoms with E-state index >= 15 is 0 Å². The van der Waals surface area contributed by atoms with Gasteiger partial charge in [-0.3, -0.25) is 9.59 Å². The minimum atomic E-state index is -4.03. The number of nitrogens with one attached hydrogen (secondary N) is 1. The number of hydrogen-bond donors (Lipinski definition) is 1. The highest BCUT2D eigenvalue weighted by Gasteiger charge is 2.35. The summed E-state index contributed by atoms with van der Waals surface area (Å²) in [4.78, 5) is 29.5. The van der Waals surface area contributed by atoms with Gasteiger partial charge in [-0.25, -0.2) is 4.31 Å². The number of amides is 2. The lowest BCUT2D eigenvalue weighted by Crippen LogP contribution is -2.55. The molecule has 2 amide bonds. The predicted octanol–water partition coefficient (Wildman–Crippen LogP) is 3.86. The molecule has 0 aliphatic heterocycles. The zero-order valence-electron chi connectivity index (χ0n) is 24.4. The van der Waals surface area contributed by atoms with E-state index in [1.165, 1.54) is 19.0 Å². The smallest absolute Gasteiger partial charge is 0.304 e. The predicted molar refractivity (Wildman–Crippen MR) is 162 cm³/mol. The number of rotatable bonds is 14. The van der Waals surface area contributed by atoms with E-state index in [1.54, 1.807) is 49.6 Å². The van der Waals surface area contributed by atoms with Crippen LogP contribution in [0.1, 0.15) is 31.4 Å². The van der Waals surface area contributed by atoms with Crippen molar-refractivity contribution >= 4 is 27.7 Å². The molecule has 220 valence electrons. The number of methoxy groups -OCH3 is 1. The molecule has 41 heavy (non-hydrogen) atoms. The first-order chi connectivity index (χ1) is 19.6. The van der Waals surface area contributed by atoms with Gasteiger partial charge in [0, 0.05) is 33.1 Å². The van der Waals surface area contributed by atoms with Crippen LogP contribution in [0.25, 0.3) is 0 Å². The molecule has 0 fully saturated rings. The lowest BCUT2D eigenvalue weighted by molar-refractivity contribution is -0.140. The zero-order valence-corrected chi connectivity index (χ0v) is 25.2. The van der Waals surface area contributed by atoms with E-state index in [-0.39, 0.29) is 24.9 Å². The van der Waals surface area contributed by atoms with E-state index in [0.717, 1.165) is 26.2 Å². The Morgan fingerprint density at radius 2 is 1.51 bits per heavy atom. The van der Waals surface area contributed by atoms with Crippen LogP contribution in [0.3, 0.4) is 0 Å². The van der Waals surface area contributed by atoms with Gasteiger partial charge in [0.1, 0.15) is 18.3 Å². The highest BCUT2D eigenvalue weighted by atomic mass is 32.2. The first-order valence-corrected chi connectivity index (χ1v) is 15.0. The molecule has 0 aliphatic rings. The maximum Gasteiger partial charge on any atom is 0.304 e. The molecule has 0 saturated carbocycles. The Hall–Kier alpha value is -3.89. The molecular weight excluding hydrogens is 540 g/mol. The largest absolute Gasteiger partial charge is 0.497 e. The Morgan fingerprint density at radius 1 is 0.902 bits per heavy atom. The van der Waals surface area contributed by atoms with Crippen LogP contribution >= 0.6 is 0 Å². The van der Waals surface area contributed by atoms with Gasteiger partial charge in [-0.2, -0.15) is 12.7 Å². The van der Waals surface area contributed by atoms with Crippen LogP contribution < -0.4 is 14.4 Å². The summed E-state index contributed by atoms with van der Waals surface area (Å²) in [6.07, 6.45) is 0.973. The van der Waals surface area contributed by atoms with E-state index in [0.29, 0.717) is 11.4 Å². The molecule has 0 spiro atoms. The number of anilines is 1. The van der Waals surface area contributed by atoms with Gasteiger partial charge >= 0.3 is 10.2 Å². The van der Waals surface area contributed by atoms with Gasteiger partial charge in [-0.05, 0) is 48.7 Å². The minimum Gasteiger partial charge on any atom is -0.497 e. The van der Waals surface area contributed by atoms with Crippen molar-refractivity contribution in [2.45, 2.75) is 45.3 Å². The van der Waals surface area contributed by atoms with Crippen LogP contribution in [0.5, 0.6) is 5.75 Å². The first kappa shape index (κ1) is 31.6. The van der Waals surface area contributed by atoms with Crippen LogP contribution in [0, 0.1) is 0 Å². The second-order valence-corrected chi connectivity index (χ2v) is 12.1. The van der Waals surface area contributed by atoms with Crippen molar-refractivity contribution in [3.8, 4) is 5.75 Å². The van der Waals surface area contributed by atoms with Crippen LogP contribution in [-0.4, -0.2) is 69.3 Å². The van der Waals surface area contributed by atoms with Crippen LogP contribution in [0.4, 0.5) is 5.69 Å². The molecule has 2 atom stereocenters. The molecule has 10 heteroatoms. The van der Waals surface area contributed by atoms with Crippen LogP contribution in [-0.2, 0) is 32.8 Å². The first-order valence-electron chi connectivity index (χ1n) is 13.6. The molecule has 0 saturated heterocycles. The summed E-state index contributed by atoms with van der Waals surface area (Å²) >= 11 is 0. The second kappa shape index (κ2) is 14.7. The summed E-state index contributed by atoms with van der Waals surface area (Å²) in [7, 11) is 0.362. The number of carbonyl (C=O) groups excluding carboxylic acids is 2. The van der Waals surface area contributed by atoms with Crippen LogP contribution in [0.2, 0.25) is 0 Å². The molecule has 3 rings (SSSR count). The van der Waals surface area contributed by atoms with Crippen molar-refractivity contribution in [3.63, 3.8) is 0 Å². The summed E-state index contributed by atoms with van der Waals surface area (Å²) in [5.74, 6) is -0.205. The van der Waals surface area contributed by atoms with Gasteiger partial charge in [0.25, 0.3) is 0 Å². The van der Waals surface area contributed by atoms with Gasteiger partial charge < -0.3 is 15.0 Å². The highest BCUT2D eigenvalue weighted by Crippen LogP contribution is 2.22. The van der Waals surface area contributed by atoms with Crippen molar-refractivity contribution in [2.24, 2.45) is 0 Å². The Labute approximate surface area is 243 Å². The third-order valence-corrected chi connectivity index (χ3v) is 8.64. The number of benzene rings is 3. The number of nitrogens with zero attached hydrogens (tertiary/aromatic N) is 3. The third kappa shape index (κ3) is 8.55. The van der Waals surface area contributed by atoms with Crippen molar-refractivity contribution in [1.82, 2.24) is 14.5 Å². The summed E-state index contributed by atoms with van der Waals surface area (Å²) in [5.41, 5.74) is 1.97. The quantitative estimate of drug-likeness (QED) is 0.312. The summed E-state index contributed by atoms with van der Waals surface area (Å²) in [5, 5.41) is 3.03. The molecule has 3 aromatic rings. The van der Waals surface area contributed by atoms with Gasteiger partial charge in [-0.15, -0.1) is 0 Å². The molecule has 1 N–H and O–H groups in total. The average Bonchev–Trinajstić information content (AvgIpc) is 2.98. The van der Waals surface area contributed by atoms with E-state index in [9.17, 15) is 18.0 Å². The molecule has 0 radical (unpaired) electrons. The van der Waals surface area contributed by atoms with Crippen molar-refractivity contribution < 1.29 is 22.7 Å². The average molecular weight is 581 g/mol. The van der Waals surface area contributed by atoms with E-state index in [4.69, 9.17) is 4.74 Å². The van der Waals surface area contributed by atoms with E-state index in [2.05, 4.69) is 5.32 Å².